The average Bonchev–Trinajstić information content (AvgIpc) is 2.72. The molecule has 2 rings (SSSR count). The molecule has 0 saturated carbocycles. The third-order valence-electron chi connectivity index (χ3n) is 3.08. The van der Waals surface area contributed by atoms with Gasteiger partial charge in [-0.15, -0.1) is 0 Å². The van der Waals surface area contributed by atoms with Crippen LogP contribution in [0.25, 0.3) is 0 Å². The molecule has 2 heterocycles. The predicted octanol–water partition coefficient (Wildman–Crippen LogP) is 0.760. The van der Waals surface area contributed by atoms with Gasteiger partial charge in [0, 0.05) is 32.4 Å². The number of H-pyrrole nitrogens is 1. The van der Waals surface area contributed by atoms with Crippen molar-refractivity contribution in [3.8, 4) is 0 Å². The SMILES string of the molecule is OCc1c[nH]c(=S)n1CCCN1CCOCC1. The van der Waals surface area contributed by atoms with E-state index in [2.05, 4.69) is 9.88 Å². The van der Waals surface area contributed by atoms with Crippen molar-refractivity contribution in [3.05, 3.63) is 16.7 Å². The Bertz CT molecular complexity index is 396. The van der Waals surface area contributed by atoms with E-state index < -0.39 is 0 Å². The Balaban J connectivity index is 1.81. The number of hydrogen-bond donors (Lipinski definition) is 2. The van der Waals surface area contributed by atoms with E-state index in [9.17, 15) is 0 Å². The van der Waals surface area contributed by atoms with Crippen molar-refractivity contribution in [2.45, 2.75) is 19.6 Å². The van der Waals surface area contributed by atoms with Crippen LogP contribution in [0.5, 0.6) is 0 Å². The maximum atomic E-state index is 9.17. The molecule has 0 atom stereocenters. The number of rotatable bonds is 5. The van der Waals surface area contributed by atoms with E-state index in [4.69, 9.17) is 22.1 Å². The number of nitrogens with one attached hydrogen (secondary N) is 1. The van der Waals surface area contributed by atoms with Gasteiger partial charge in [-0.25, -0.2) is 0 Å². The maximum absolute atomic E-state index is 9.17. The molecule has 1 saturated heterocycles. The number of ether oxygens (including phenoxy) is 1. The standard InChI is InChI=1S/C11H19N3O2S/c15-9-10-8-12-11(17)14(10)3-1-2-13-4-6-16-7-5-13/h8,15H,1-7,9H2,(H,12,17). The smallest absolute Gasteiger partial charge is 0.177 e. The summed E-state index contributed by atoms with van der Waals surface area (Å²) in [5.41, 5.74) is 0.858. The number of aliphatic hydroxyl groups excluding tert-OH is 1. The molecule has 0 aromatic carbocycles. The molecule has 0 radical (unpaired) electrons. The summed E-state index contributed by atoms with van der Waals surface area (Å²) in [6.07, 6.45) is 2.82. The second-order valence-electron chi connectivity index (χ2n) is 4.20. The van der Waals surface area contributed by atoms with E-state index in [0.29, 0.717) is 4.77 Å². The Morgan fingerprint density at radius 1 is 1.35 bits per heavy atom. The predicted molar refractivity (Wildman–Crippen MR) is 67.4 cm³/mol. The number of aromatic nitrogens is 2. The first-order valence-corrected chi connectivity index (χ1v) is 6.40. The van der Waals surface area contributed by atoms with Crippen LogP contribution in [0.3, 0.4) is 0 Å². The third kappa shape index (κ3) is 3.38. The number of nitrogens with zero attached hydrogens (tertiary/aromatic N) is 2. The van der Waals surface area contributed by atoms with Crippen LogP contribution in [-0.4, -0.2) is 52.4 Å². The van der Waals surface area contributed by atoms with Crippen molar-refractivity contribution in [2.24, 2.45) is 0 Å². The zero-order chi connectivity index (χ0) is 12.1. The van der Waals surface area contributed by atoms with Crippen molar-refractivity contribution < 1.29 is 9.84 Å². The summed E-state index contributed by atoms with van der Waals surface area (Å²) >= 11 is 5.17. The molecule has 96 valence electrons. The summed E-state index contributed by atoms with van der Waals surface area (Å²) in [7, 11) is 0. The fourth-order valence-corrected chi connectivity index (χ4v) is 2.35. The monoisotopic (exact) mass is 257 g/mol. The van der Waals surface area contributed by atoms with Crippen LogP contribution in [0.4, 0.5) is 0 Å². The van der Waals surface area contributed by atoms with Crippen molar-refractivity contribution >= 4 is 12.2 Å². The fraction of sp³-hybridized carbons (Fsp3) is 0.727. The third-order valence-corrected chi connectivity index (χ3v) is 3.41. The summed E-state index contributed by atoms with van der Waals surface area (Å²) in [6.45, 7) is 5.66. The number of aromatic amines is 1. The molecule has 5 nitrogen and oxygen atoms in total. The van der Waals surface area contributed by atoms with Crippen molar-refractivity contribution in [2.75, 3.05) is 32.8 Å². The van der Waals surface area contributed by atoms with Gasteiger partial charge in [-0.1, -0.05) is 0 Å². The molecule has 0 spiro atoms. The lowest BCUT2D eigenvalue weighted by molar-refractivity contribution is 0.0368. The van der Waals surface area contributed by atoms with Crippen molar-refractivity contribution in [1.29, 1.82) is 0 Å². The van der Waals surface area contributed by atoms with Gasteiger partial charge in [0.1, 0.15) is 0 Å². The molecule has 1 aromatic heterocycles. The van der Waals surface area contributed by atoms with Crippen molar-refractivity contribution in [3.63, 3.8) is 0 Å². The highest BCUT2D eigenvalue weighted by molar-refractivity contribution is 7.71. The van der Waals surface area contributed by atoms with Gasteiger partial charge in [-0.3, -0.25) is 4.90 Å². The first kappa shape index (κ1) is 12.8. The Kier molecular flexibility index (Phi) is 4.73. The Morgan fingerprint density at radius 2 is 2.12 bits per heavy atom. The molecule has 0 bridgehead atoms. The van der Waals surface area contributed by atoms with Gasteiger partial charge >= 0.3 is 0 Å². The topological polar surface area (TPSA) is 53.4 Å². The summed E-state index contributed by atoms with van der Waals surface area (Å²) in [5.74, 6) is 0. The molecule has 2 N–H and O–H groups in total. The molecule has 0 amide bonds. The number of aliphatic hydroxyl groups is 1. The molecule has 0 aliphatic carbocycles. The van der Waals surface area contributed by atoms with Crippen LogP contribution in [0.15, 0.2) is 6.20 Å². The highest BCUT2D eigenvalue weighted by Crippen LogP contribution is 2.05. The van der Waals surface area contributed by atoms with Gasteiger partial charge in [0.2, 0.25) is 0 Å². The lowest BCUT2D eigenvalue weighted by atomic mass is 10.3. The summed E-state index contributed by atoms with van der Waals surface area (Å²) in [4.78, 5) is 5.36. The first-order valence-electron chi connectivity index (χ1n) is 5.99. The first-order chi connectivity index (χ1) is 8.31. The van der Waals surface area contributed by atoms with Crippen molar-refractivity contribution in [1.82, 2.24) is 14.5 Å². The van der Waals surface area contributed by atoms with Gasteiger partial charge in [-0.2, -0.15) is 0 Å². The Labute approximate surface area is 106 Å². The largest absolute Gasteiger partial charge is 0.390 e. The lowest BCUT2D eigenvalue weighted by Crippen LogP contribution is -2.37. The second kappa shape index (κ2) is 6.30. The molecule has 1 aliphatic heterocycles. The van der Waals surface area contributed by atoms with Crippen LogP contribution < -0.4 is 0 Å². The van der Waals surface area contributed by atoms with Crippen LogP contribution >= 0.6 is 12.2 Å². The molecular formula is C11H19N3O2S. The van der Waals surface area contributed by atoms with E-state index in [1.807, 2.05) is 4.57 Å². The summed E-state index contributed by atoms with van der Waals surface area (Å²) in [5, 5.41) is 9.17. The Morgan fingerprint density at radius 3 is 2.82 bits per heavy atom. The summed E-state index contributed by atoms with van der Waals surface area (Å²) in [6, 6.07) is 0. The van der Waals surface area contributed by atoms with Gasteiger partial charge in [0.15, 0.2) is 4.77 Å². The molecule has 0 unspecified atom stereocenters. The molecule has 1 fully saturated rings. The van der Waals surface area contributed by atoms with E-state index >= 15 is 0 Å². The molecule has 6 heteroatoms. The van der Waals surface area contributed by atoms with Crippen LogP contribution in [0.2, 0.25) is 0 Å². The van der Waals surface area contributed by atoms with Gasteiger partial charge in [0.05, 0.1) is 25.5 Å². The van der Waals surface area contributed by atoms with Gasteiger partial charge in [0.25, 0.3) is 0 Å². The fourth-order valence-electron chi connectivity index (χ4n) is 2.08. The average molecular weight is 257 g/mol. The van der Waals surface area contributed by atoms with E-state index in [1.54, 1.807) is 6.20 Å². The highest BCUT2D eigenvalue weighted by Gasteiger charge is 2.10. The number of hydrogen-bond acceptors (Lipinski definition) is 4. The lowest BCUT2D eigenvalue weighted by Gasteiger charge is -2.26. The minimum Gasteiger partial charge on any atom is -0.390 e. The van der Waals surface area contributed by atoms with Crippen LogP contribution in [0, 0.1) is 4.77 Å². The van der Waals surface area contributed by atoms with Gasteiger partial charge < -0.3 is 19.4 Å². The van der Waals surface area contributed by atoms with E-state index in [-0.39, 0.29) is 6.61 Å². The van der Waals surface area contributed by atoms with E-state index in [0.717, 1.165) is 51.5 Å². The normalized spacial score (nSPS) is 17.5. The van der Waals surface area contributed by atoms with E-state index in [1.165, 1.54) is 0 Å². The Hall–Kier alpha value is -0.690. The minimum atomic E-state index is 0.0324. The molecular weight excluding hydrogens is 238 g/mol. The van der Waals surface area contributed by atoms with Gasteiger partial charge in [-0.05, 0) is 18.6 Å². The minimum absolute atomic E-state index is 0.0324. The zero-order valence-corrected chi connectivity index (χ0v) is 10.7. The maximum Gasteiger partial charge on any atom is 0.177 e. The second-order valence-corrected chi connectivity index (χ2v) is 4.59. The number of morpholine rings is 1. The zero-order valence-electron chi connectivity index (χ0n) is 9.89. The van der Waals surface area contributed by atoms with Crippen LogP contribution in [-0.2, 0) is 17.9 Å². The molecule has 1 aliphatic rings. The molecule has 1 aromatic rings. The summed E-state index contributed by atoms with van der Waals surface area (Å²) < 4.78 is 7.96. The molecule has 17 heavy (non-hydrogen) atoms. The highest BCUT2D eigenvalue weighted by atomic mass is 32.1. The van der Waals surface area contributed by atoms with Crippen LogP contribution in [0.1, 0.15) is 12.1 Å². The number of imidazole rings is 1. The quantitative estimate of drug-likeness (QED) is 0.765.